The maximum Gasteiger partial charge on any atom is 0.107 e. The van der Waals surface area contributed by atoms with Crippen LogP contribution in [0.25, 0.3) is 0 Å². The standard InChI is InChI=1S/C15H14BrClO/c1-2-10-6-3-4-7-11(10)15(18)14-12(16)8-5-9-13(14)17/h3-9,15,18H,2H2,1H3. The average Bonchev–Trinajstić information content (AvgIpc) is 2.38. The first-order chi connectivity index (χ1) is 8.65. The van der Waals surface area contributed by atoms with Gasteiger partial charge >= 0.3 is 0 Å². The molecule has 1 nitrogen and oxygen atoms in total. The number of hydrogen-bond acceptors (Lipinski definition) is 1. The molecular weight excluding hydrogens is 312 g/mol. The Morgan fingerprint density at radius 3 is 2.56 bits per heavy atom. The zero-order valence-corrected chi connectivity index (χ0v) is 12.4. The fourth-order valence-corrected chi connectivity index (χ4v) is 3.03. The van der Waals surface area contributed by atoms with Crippen LogP contribution in [0.5, 0.6) is 0 Å². The van der Waals surface area contributed by atoms with E-state index >= 15 is 0 Å². The Labute approximate surface area is 121 Å². The van der Waals surface area contributed by atoms with Crippen molar-refractivity contribution >= 4 is 27.5 Å². The van der Waals surface area contributed by atoms with Gasteiger partial charge in [-0.25, -0.2) is 0 Å². The van der Waals surface area contributed by atoms with Crippen LogP contribution in [0.1, 0.15) is 29.7 Å². The number of rotatable bonds is 3. The van der Waals surface area contributed by atoms with E-state index in [1.54, 1.807) is 6.07 Å². The maximum absolute atomic E-state index is 10.6. The van der Waals surface area contributed by atoms with E-state index in [9.17, 15) is 5.11 Å². The third-order valence-corrected chi connectivity index (χ3v) is 4.02. The molecule has 1 unspecified atom stereocenters. The minimum absolute atomic E-state index is 0.572. The van der Waals surface area contributed by atoms with Crippen molar-refractivity contribution in [3.8, 4) is 0 Å². The van der Waals surface area contributed by atoms with Crippen LogP contribution in [0, 0.1) is 0 Å². The summed E-state index contributed by atoms with van der Waals surface area (Å²) in [6.45, 7) is 2.08. The van der Waals surface area contributed by atoms with Crippen LogP contribution >= 0.6 is 27.5 Å². The van der Waals surface area contributed by atoms with Crippen LogP contribution in [-0.4, -0.2) is 5.11 Å². The molecule has 0 saturated carbocycles. The maximum atomic E-state index is 10.6. The SMILES string of the molecule is CCc1ccccc1C(O)c1c(Cl)cccc1Br. The molecule has 0 fully saturated rings. The zero-order valence-electron chi connectivity index (χ0n) is 10.0. The molecule has 1 atom stereocenters. The lowest BCUT2D eigenvalue weighted by Gasteiger charge is -2.17. The molecule has 2 rings (SSSR count). The highest BCUT2D eigenvalue weighted by Gasteiger charge is 2.18. The van der Waals surface area contributed by atoms with E-state index in [4.69, 9.17) is 11.6 Å². The van der Waals surface area contributed by atoms with Gasteiger partial charge in [-0.1, -0.05) is 64.8 Å². The summed E-state index contributed by atoms with van der Waals surface area (Å²) >= 11 is 9.63. The lowest BCUT2D eigenvalue weighted by Crippen LogP contribution is -2.05. The van der Waals surface area contributed by atoms with Gasteiger partial charge < -0.3 is 5.11 Å². The second-order valence-electron chi connectivity index (χ2n) is 4.09. The Bertz CT molecular complexity index is 534. The molecular formula is C15H14BrClO. The van der Waals surface area contributed by atoms with Crippen LogP contribution in [-0.2, 0) is 6.42 Å². The van der Waals surface area contributed by atoms with Gasteiger partial charge in [0.2, 0.25) is 0 Å². The van der Waals surface area contributed by atoms with E-state index in [0.29, 0.717) is 5.02 Å². The van der Waals surface area contributed by atoms with Crippen molar-refractivity contribution in [3.63, 3.8) is 0 Å². The predicted octanol–water partition coefficient (Wildman–Crippen LogP) is 4.75. The number of benzene rings is 2. The number of halogens is 2. The molecule has 0 radical (unpaired) electrons. The van der Waals surface area contributed by atoms with E-state index in [1.165, 1.54) is 0 Å². The number of aliphatic hydroxyl groups excluding tert-OH is 1. The fraction of sp³-hybridized carbons (Fsp3) is 0.200. The molecule has 18 heavy (non-hydrogen) atoms. The summed E-state index contributed by atoms with van der Waals surface area (Å²) in [6.07, 6.45) is 0.180. The van der Waals surface area contributed by atoms with Crippen LogP contribution in [0.2, 0.25) is 5.02 Å². The van der Waals surface area contributed by atoms with E-state index in [0.717, 1.165) is 27.6 Å². The lowest BCUT2D eigenvalue weighted by atomic mass is 9.95. The highest BCUT2D eigenvalue weighted by molar-refractivity contribution is 9.10. The van der Waals surface area contributed by atoms with Gasteiger partial charge in [0.05, 0.1) is 0 Å². The average molecular weight is 326 g/mol. The Balaban J connectivity index is 2.51. The Morgan fingerprint density at radius 2 is 1.89 bits per heavy atom. The molecule has 0 aliphatic rings. The Morgan fingerprint density at radius 1 is 1.17 bits per heavy atom. The van der Waals surface area contributed by atoms with Gasteiger partial charge in [-0.2, -0.15) is 0 Å². The Kier molecular flexibility index (Phi) is 4.44. The molecule has 0 amide bonds. The summed E-state index contributed by atoms with van der Waals surface area (Å²) in [7, 11) is 0. The molecule has 1 N–H and O–H groups in total. The summed E-state index contributed by atoms with van der Waals surface area (Å²) < 4.78 is 0.827. The third kappa shape index (κ3) is 2.61. The smallest absolute Gasteiger partial charge is 0.107 e. The number of aliphatic hydroxyl groups is 1. The molecule has 2 aromatic rings. The zero-order chi connectivity index (χ0) is 13.1. The fourth-order valence-electron chi connectivity index (χ4n) is 2.05. The molecule has 3 heteroatoms. The molecule has 94 valence electrons. The lowest BCUT2D eigenvalue weighted by molar-refractivity contribution is 0.218. The molecule has 0 spiro atoms. The van der Waals surface area contributed by atoms with Crippen molar-refractivity contribution in [2.45, 2.75) is 19.4 Å². The highest BCUT2D eigenvalue weighted by Crippen LogP contribution is 2.35. The van der Waals surface area contributed by atoms with E-state index < -0.39 is 6.10 Å². The van der Waals surface area contributed by atoms with Crippen molar-refractivity contribution in [2.24, 2.45) is 0 Å². The van der Waals surface area contributed by atoms with E-state index in [1.807, 2.05) is 36.4 Å². The van der Waals surface area contributed by atoms with Gasteiger partial charge in [-0.3, -0.25) is 0 Å². The molecule has 0 bridgehead atoms. The van der Waals surface area contributed by atoms with Crippen LogP contribution in [0.3, 0.4) is 0 Å². The first-order valence-corrected chi connectivity index (χ1v) is 7.02. The summed E-state index contributed by atoms with van der Waals surface area (Å²) in [5, 5.41) is 11.1. The second-order valence-corrected chi connectivity index (χ2v) is 5.35. The topological polar surface area (TPSA) is 20.2 Å². The van der Waals surface area contributed by atoms with Gasteiger partial charge in [-0.05, 0) is 29.7 Å². The van der Waals surface area contributed by atoms with Gasteiger partial charge in [-0.15, -0.1) is 0 Å². The van der Waals surface area contributed by atoms with Crippen molar-refractivity contribution in [2.75, 3.05) is 0 Å². The first-order valence-electron chi connectivity index (χ1n) is 5.85. The van der Waals surface area contributed by atoms with Gasteiger partial charge in [0, 0.05) is 15.1 Å². The normalized spacial score (nSPS) is 12.4. The minimum Gasteiger partial charge on any atom is -0.384 e. The first kappa shape index (κ1) is 13.6. The number of aryl methyl sites for hydroxylation is 1. The number of hydrogen-bond donors (Lipinski definition) is 1. The van der Waals surface area contributed by atoms with Crippen molar-refractivity contribution < 1.29 is 5.11 Å². The van der Waals surface area contributed by atoms with Crippen LogP contribution in [0.15, 0.2) is 46.9 Å². The summed E-state index contributed by atoms with van der Waals surface area (Å²) in [5.74, 6) is 0. The summed E-state index contributed by atoms with van der Waals surface area (Å²) in [4.78, 5) is 0. The van der Waals surface area contributed by atoms with Crippen molar-refractivity contribution in [3.05, 3.63) is 68.7 Å². The third-order valence-electron chi connectivity index (χ3n) is 3.00. The molecule has 0 saturated heterocycles. The van der Waals surface area contributed by atoms with Crippen LogP contribution < -0.4 is 0 Å². The van der Waals surface area contributed by atoms with Crippen molar-refractivity contribution in [1.29, 1.82) is 0 Å². The van der Waals surface area contributed by atoms with Crippen molar-refractivity contribution in [1.82, 2.24) is 0 Å². The summed E-state index contributed by atoms with van der Waals surface area (Å²) in [6, 6.07) is 13.4. The van der Waals surface area contributed by atoms with Gasteiger partial charge in [0.25, 0.3) is 0 Å². The quantitative estimate of drug-likeness (QED) is 0.863. The van der Waals surface area contributed by atoms with Gasteiger partial charge in [0.15, 0.2) is 0 Å². The van der Waals surface area contributed by atoms with Gasteiger partial charge in [0.1, 0.15) is 6.10 Å². The molecule has 0 aromatic heterocycles. The monoisotopic (exact) mass is 324 g/mol. The summed E-state index contributed by atoms with van der Waals surface area (Å²) in [5.41, 5.74) is 2.77. The predicted molar refractivity (Wildman–Crippen MR) is 79.0 cm³/mol. The Hall–Kier alpha value is -0.830. The molecule has 0 aliphatic carbocycles. The molecule has 0 aliphatic heterocycles. The molecule has 0 heterocycles. The highest BCUT2D eigenvalue weighted by atomic mass is 79.9. The minimum atomic E-state index is -0.704. The second kappa shape index (κ2) is 5.87. The van der Waals surface area contributed by atoms with Crippen LogP contribution in [0.4, 0.5) is 0 Å². The molecule has 2 aromatic carbocycles. The largest absolute Gasteiger partial charge is 0.384 e. The van der Waals surface area contributed by atoms with E-state index in [2.05, 4.69) is 22.9 Å². The van der Waals surface area contributed by atoms with E-state index in [-0.39, 0.29) is 0 Å².